The predicted octanol–water partition coefficient (Wildman–Crippen LogP) is 2.75. The van der Waals surface area contributed by atoms with E-state index in [0.717, 1.165) is 41.4 Å². The number of aromatic nitrogens is 4. The van der Waals surface area contributed by atoms with Crippen molar-refractivity contribution in [1.82, 2.24) is 19.3 Å². The molecule has 0 unspecified atom stereocenters. The van der Waals surface area contributed by atoms with Gasteiger partial charge in [-0.1, -0.05) is 13.8 Å². The molecule has 0 spiro atoms. The third-order valence-corrected chi connectivity index (χ3v) is 3.46. The molecule has 0 fully saturated rings. The molecule has 0 atom stereocenters. The molecule has 0 bridgehead atoms. The van der Waals surface area contributed by atoms with Crippen LogP contribution in [-0.4, -0.2) is 19.3 Å². The van der Waals surface area contributed by atoms with Crippen molar-refractivity contribution >= 4 is 5.82 Å². The van der Waals surface area contributed by atoms with Crippen LogP contribution in [0.2, 0.25) is 0 Å². The summed E-state index contributed by atoms with van der Waals surface area (Å²) in [6, 6.07) is 0. The van der Waals surface area contributed by atoms with Gasteiger partial charge >= 0.3 is 0 Å². The topological polar surface area (TPSA) is 61.7 Å². The van der Waals surface area contributed by atoms with Crippen LogP contribution < -0.4 is 5.73 Å². The Kier molecular flexibility index (Phi) is 3.63. The lowest BCUT2D eigenvalue weighted by atomic mass is 10.1. The van der Waals surface area contributed by atoms with Gasteiger partial charge < -0.3 is 10.3 Å². The van der Waals surface area contributed by atoms with Crippen LogP contribution in [0.15, 0.2) is 6.20 Å². The fourth-order valence-electron chi connectivity index (χ4n) is 2.66. The van der Waals surface area contributed by atoms with Crippen LogP contribution >= 0.6 is 0 Å². The fraction of sp³-hybridized carbons (Fsp3) is 0.600. The van der Waals surface area contributed by atoms with Crippen molar-refractivity contribution in [2.75, 3.05) is 5.73 Å². The Bertz CT molecular complexity index is 613. The second-order valence-corrected chi connectivity index (χ2v) is 6.14. The van der Waals surface area contributed by atoms with E-state index in [1.54, 1.807) is 0 Å². The highest BCUT2D eigenvalue weighted by molar-refractivity contribution is 5.72. The van der Waals surface area contributed by atoms with Crippen molar-refractivity contribution < 1.29 is 0 Å². The molecule has 0 radical (unpaired) electrons. The van der Waals surface area contributed by atoms with Gasteiger partial charge in [-0.15, -0.1) is 0 Å². The zero-order valence-corrected chi connectivity index (χ0v) is 13.4. The molecule has 0 aliphatic heterocycles. The number of nitrogens with two attached hydrogens (primary N) is 1. The van der Waals surface area contributed by atoms with Gasteiger partial charge in [0, 0.05) is 30.8 Å². The Morgan fingerprint density at radius 3 is 2.30 bits per heavy atom. The largest absolute Gasteiger partial charge is 0.383 e. The van der Waals surface area contributed by atoms with E-state index in [2.05, 4.69) is 44.3 Å². The Balaban J connectivity index is 2.67. The summed E-state index contributed by atoms with van der Waals surface area (Å²) >= 11 is 0. The Morgan fingerprint density at radius 2 is 1.85 bits per heavy atom. The van der Waals surface area contributed by atoms with E-state index in [0.29, 0.717) is 0 Å². The van der Waals surface area contributed by atoms with Crippen LogP contribution in [0, 0.1) is 0 Å². The van der Waals surface area contributed by atoms with Crippen LogP contribution in [0.5, 0.6) is 0 Å². The highest BCUT2D eigenvalue weighted by atomic mass is 15.3. The van der Waals surface area contributed by atoms with Gasteiger partial charge in [0.05, 0.1) is 5.69 Å². The summed E-state index contributed by atoms with van der Waals surface area (Å²) in [7, 11) is 1.93. The summed E-state index contributed by atoms with van der Waals surface area (Å²) in [5, 5.41) is 4.49. The van der Waals surface area contributed by atoms with E-state index in [-0.39, 0.29) is 5.54 Å². The first-order chi connectivity index (χ1) is 9.29. The summed E-state index contributed by atoms with van der Waals surface area (Å²) < 4.78 is 3.96. The molecule has 0 aliphatic carbocycles. The Hall–Kier alpha value is -1.78. The SMILES string of the molecule is CCc1nn(C)cc1-c1nc(CC)n(C(C)(C)C)c1N. The normalized spacial score (nSPS) is 12.1. The van der Waals surface area contributed by atoms with Gasteiger partial charge in [0.25, 0.3) is 0 Å². The minimum absolute atomic E-state index is 0.0741. The van der Waals surface area contributed by atoms with Crippen molar-refractivity contribution in [3.8, 4) is 11.3 Å². The summed E-state index contributed by atoms with van der Waals surface area (Å²) in [6.45, 7) is 10.7. The van der Waals surface area contributed by atoms with Gasteiger partial charge in [-0.05, 0) is 27.2 Å². The molecule has 20 heavy (non-hydrogen) atoms. The monoisotopic (exact) mass is 275 g/mol. The molecular weight excluding hydrogens is 250 g/mol. The lowest BCUT2D eigenvalue weighted by Crippen LogP contribution is -2.25. The van der Waals surface area contributed by atoms with E-state index in [1.807, 2.05) is 17.9 Å². The predicted molar refractivity (Wildman–Crippen MR) is 82.6 cm³/mol. The molecule has 0 aromatic carbocycles. The lowest BCUT2D eigenvalue weighted by Gasteiger charge is -2.24. The van der Waals surface area contributed by atoms with E-state index in [4.69, 9.17) is 10.7 Å². The molecule has 5 heteroatoms. The number of anilines is 1. The highest BCUT2D eigenvalue weighted by Crippen LogP contribution is 2.33. The molecule has 110 valence electrons. The van der Waals surface area contributed by atoms with E-state index in [1.165, 1.54) is 0 Å². The van der Waals surface area contributed by atoms with E-state index < -0.39 is 0 Å². The fourth-order valence-corrected chi connectivity index (χ4v) is 2.66. The van der Waals surface area contributed by atoms with Crippen molar-refractivity contribution in [3.05, 3.63) is 17.7 Å². The molecular formula is C15H25N5. The highest BCUT2D eigenvalue weighted by Gasteiger charge is 2.25. The molecule has 5 nitrogen and oxygen atoms in total. The average Bonchev–Trinajstić information content (AvgIpc) is 2.88. The number of nitrogen functional groups attached to an aromatic ring is 1. The third-order valence-electron chi connectivity index (χ3n) is 3.46. The van der Waals surface area contributed by atoms with Gasteiger partial charge in [0.1, 0.15) is 17.3 Å². The first-order valence-electron chi connectivity index (χ1n) is 7.20. The van der Waals surface area contributed by atoms with Crippen LogP contribution in [0.3, 0.4) is 0 Å². The second kappa shape index (κ2) is 4.96. The van der Waals surface area contributed by atoms with Crippen LogP contribution in [0.25, 0.3) is 11.3 Å². The minimum Gasteiger partial charge on any atom is -0.383 e. The average molecular weight is 275 g/mol. The van der Waals surface area contributed by atoms with Gasteiger partial charge in [0.15, 0.2) is 0 Å². The summed E-state index contributed by atoms with van der Waals surface area (Å²) in [5.41, 5.74) is 9.27. The summed E-state index contributed by atoms with van der Waals surface area (Å²) in [4.78, 5) is 4.77. The molecule has 2 N–H and O–H groups in total. The lowest BCUT2D eigenvalue weighted by molar-refractivity contribution is 0.389. The molecule has 0 amide bonds. The van der Waals surface area contributed by atoms with E-state index >= 15 is 0 Å². The zero-order valence-electron chi connectivity index (χ0n) is 13.4. The first-order valence-corrected chi connectivity index (χ1v) is 7.20. The molecule has 0 saturated heterocycles. The van der Waals surface area contributed by atoms with Crippen molar-refractivity contribution in [2.24, 2.45) is 7.05 Å². The third kappa shape index (κ3) is 2.32. The maximum Gasteiger partial charge on any atom is 0.132 e. The first kappa shape index (κ1) is 14.6. The quantitative estimate of drug-likeness (QED) is 0.937. The van der Waals surface area contributed by atoms with Crippen molar-refractivity contribution in [1.29, 1.82) is 0 Å². The Morgan fingerprint density at radius 1 is 1.20 bits per heavy atom. The number of hydrogen-bond acceptors (Lipinski definition) is 3. The maximum absolute atomic E-state index is 6.39. The van der Waals surface area contributed by atoms with Crippen molar-refractivity contribution in [3.63, 3.8) is 0 Å². The minimum atomic E-state index is -0.0741. The van der Waals surface area contributed by atoms with Gasteiger partial charge in [-0.3, -0.25) is 4.68 Å². The van der Waals surface area contributed by atoms with E-state index in [9.17, 15) is 0 Å². The van der Waals surface area contributed by atoms with Gasteiger partial charge in [-0.2, -0.15) is 5.10 Å². The number of hydrogen-bond donors (Lipinski definition) is 1. The number of rotatable bonds is 3. The number of nitrogens with zero attached hydrogens (tertiary/aromatic N) is 4. The standard InChI is InChI=1S/C15H25N5/c1-7-11-10(9-19(6)18-11)13-14(16)20(15(3,4)5)12(8-2)17-13/h9H,7-8,16H2,1-6H3. The maximum atomic E-state index is 6.39. The van der Waals surface area contributed by atoms with Gasteiger partial charge in [0.2, 0.25) is 0 Å². The molecule has 0 aliphatic rings. The van der Waals surface area contributed by atoms with Crippen LogP contribution in [0.1, 0.15) is 46.1 Å². The molecule has 0 saturated carbocycles. The molecule has 2 aromatic heterocycles. The Labute approximate surface area is 120 Å². The van der Waals surface area contributed by atoms with Crippen LogP contribution in [-0.2, 0) is 25.4 Å². The second-order valence-electron chi connectivity index (χ2n) is 6.14. The summed E-state index contributed by atoms with van der Waals surface area (Å²) in [5.74, 6) is 1.76. The zero-order chi connectivity index (χ0) is 15.1. The van der Waals surface area contributed by atoms with Crippen molar-refractivity contribution in [2.45, 2.75) is 53.0 Å². The molecule has 2 rings (SSSR count). The van der Waals surface area contributed by atoms with Crippen LogP contribution in [0.4, 0.5) is 5.82 Å². The molecule has 2 heterocycles. The number of imidazole rings is 1. The smallest absolute Gasteiger partial charge is 0.132 e. The molecule has 2 aromatic rings. The summed E-state index contributed by atoms with van der Waals surface area (Å²) in [6.07, 6.45) is 3.74. The van der Waals surface area contributed by atoms with Gasteiger partial charge in [-0.25, -0.2) is 4.98 Å². The number of aryl methyl sites for hydroxylation is 3.